The summed E-state index contributed by atoms with van der Waals surface area (Å²) in [5, 5.41) is 7.33. The molecule has 0 spiro atoms. The van der Waals surface area contributed by atoms with Crippen LogP contribution < -0.4 is 40.0 Å². The van der Waals surface area contributed by atoms with Gasteiger partial charge in [-0.05, 0) is 43.3 Å². The SMILES string of the molecule is Cc1ccc(-c2nc([P+](c3ccccc3)(c3ccccc3)c3ccccc3)cs2)cc1.[O-][Cl+3]([O-])([O-])[O-]. The number of hydrogen-bond donors (Lipinski definition) is 0. The molecule has 0 saturated carbocycles. The average Bonchev–Trinajstić information content (AvgIpc) is 3.36. The van der Waals surface area contributed by atoms with Crippen LogP contribution in [0, 0.1) is 17.2 Å². The standard InChI is InChI=1S/C28H23NPS.ClHO4/c1-22-17-19-23(20-18-22)28-29-27(21-31-28)30(24-11-5-2-6-12-24,25-13-7-3-8-14-25)26-15-9-4-10-16-26;2-1(3,4)5/h2-21H,1H3;(H,2,3,4,5)/q+1;/p-1. The Labute approximate surface area is 217 Å². The highest BCUT2D eigenvalue weighted by molar-refractivity contribution is 8.01. The summed E-state index contributed by atoms with van der Waals surface area (Å²) in [6.45, 7) is 2.12. The van der Waals surface area contributed by atoms with Crippen molar-refractivity contribution in [1.82, 2.24) is 4.98 Å². The molecule has 0 N–H and O–H groups in total. The zero-order valence-corrected chi connectivity index (χ0v) is 21.8. The molecule has 0 aliphatic heterocycles. The minimum Gasteiger partial charge on any atom is -0.222 e. The number of aryl methyl sites for hydroxylation is 1. The minimum atomic E-state index is -4.94. The van der Waals surface area contributed by atoms with Crippen molar-refractivity contribution in [1.29, 1.82) is 0 Å². The van der Waals surface area contributed by atoms with Crippen LogP contribution >= 0.6 is 18.6 Å². The lowest BCUT2D eigenvalue weighted by Crippen LogP contribution is -2.68. The van der Waals surface area contributed by atoms with Crippen LogP contribution in [0.5, 0.6) is 0 Å². The molecule has 36 heavy (non-hydrogen) atoms. The lowest BCUT2D eigenvalue weighted by Gasteiger charge is -2.25. The topological polar surface area (TPSA) is 105 Å². The van der Waals surface area contributed by atoms with E-state index in [1.807, 2.05) is 0 Å². The molecule has 1 aromatic heterocycles. The Balaban J connectivity index is 0.000000556. The van der Waals surface area contributed by atoms with Gasteiger partial charge in [0.25, 0.3) is 0 Å². The summed E-state index contributed by atoms with van der Waals surface area (Å²) in [6.07, 6.45) is 0. The van der Waals surface area contributed by atoms with E-state index in [0.29, 0.717) is 0 Å². The molecular formula is C28H23ClNO4PS. The van der Waals surface area contributed by atoms with Crippen LogP contribution in [0.25, 0.3) is 10.6 Å². The zero-order chi connectivity index (χ0) is 25.6. The van der Waals surface area contributed by atoms with Crippen LogP contribution in [-0.2, 0) is 0 Å². The Morgan fingerprint density at radius 1 is 0.611 bits per heavy atom. The predicted octanol–water partition coefficient (Wildman–Crippen LogP) is 0.982. The summed E-state index contributed by atoms with van der Waals surface area (Å²) >= 11 is 1.74. The lowest BCUT2D eigenvalue weighted by molar-refractivity contribution is -2.00. The summed E-state index contributed by atoms with van der Waals surface area (Å²) in [6, 6.07) is 41.4. The van der Waals surface area contributed by atoms with Gasteiger partial charge in [0.15, 0.2) is 7.26 Å². The van der Waals surface area contributed by atoms with E-state index in [-0.39, 0.29) is 0 Å². The Hall–Kier alpha value is -2.93. The van der Waals surface area contributed by atoms with Crippen molar-refractivity contribution in [2.45, 2.75) is 6.92 Å². The highest BCUT2D eigenvalue weighted by atomic mass is 35.7. The molecule has 8 heteroatoms. The Morgan fingerprint density at radius 3 is 1.39 bits per heavy atom. The Bertz CT molecular complexity index is 1270. The molecule has 0 radical (unpaired) electrons. The molecule has 0 aliphatic rings. The van der Waals surface area contributed by atoms with Crippen molar-refractivity contribution < 1.29 is 28.9 Å². The van der Waals surface area contributed by atoms with Gasteiger partial charge in [-0.15, -0.1) is 21.6 Å². The summed E-state index contributed by atoms with van der Waals surface area (Å²) in [4.78, 5) is 5.28. The fourth-order valence-corrected chi connectivity index (χ4v) is 9.39. The third kappa shape index (κ3) is 6.06. The highest BCUT2D eigenvalue weighted by Crippen LogP contribution is 2.54. The van der Waals surface area contributed by atoms with Crippen LogP contribution in [0.15, 0.2) is 121 Å². The number of rotatable bonds is 5. The molecule has 0 amide bonds. The van der Waals surface area contributed by atoms with Gasteiger partial charge in [0.2, 0.25) is 5.44 Å². The van der Waals surface area contributed by atoms with E-state index in [0.717, 1.165) is 10.4 Å². The number of halogens is 1. The van der Waals surface area contributed by atoms with Crippen molar-refractivity contribution in [3.8, 4) is 10.6 Å². The molecule has 5 aromatic rings. The highest BCUT2D eigenvalue weighted by Gasteiger charge is 2.49. The summed E-state index contributed by atoms with van der Waals surface area (Å²) < 4.78 is 34.0. The van der Waals surface area contributed by atoms with Crippen molar-refractivity contribution >= 4 is 39.9 Å². The van der Waals surface area contributed by atoms with Gasteiger partial charge in [0.1, 0.15) is 20.9 Å². The van der Waals surface area contributed by atoms with Gasteiger partial charge in [0, 0.05) is 5.56 Å². The number of benzene rings is 4. The quantitative estimate of drug-likeness (QED) is 0.312. The van der Waals surface area contributed by atoms with Crippen molar-refractivity contribution in [3.05, 3.63) is 126 Å². The molecule has 182 valence electrons. The second kappa shape index (κ2) is 11.4. The van der Waals surface area contributed by atoms with Gasteiger partial charge >= 0.3 is 0 Å². The van der Waals surface area contributed by atoms with Crippen molar-refractivity contribution in [3.63, 3.8) is 0 Å². The molecule has 0 aliphatic carbocycles. The monoisotopic (exact) mass is 535 g/mol. The maximum atomic E-state index is 8.49. The van der Waals surface area contributed by atoms with E-state index < -0.39 is 17.5 Å². The molecule has 0 unspecified atom stereocenters. The number of hydrogen-bond acceptors (Lipinski definition) is 6. The lowest BCUT2D eigenvalue weighted by atomic mass is 10.2. The maximum Gasteiger partial charge on any atom is 0.209 e. The summed E-state index contributed by atoms with van der Waals surface area (Å²) in [5.41, 5.74) is 3.60. The van der Waals surface area contributed by atoms with Crippen molar-refractivity contribution in [2.75, 3.05) is 0 Å². The first kappa shape index (κ1) is 26.1. The van der Waals surface area contributed by atoms with Crippen LogP contribution in [0.2, 0.25) is 0 Å². The van der Waals surface area contributed by atoms with E-state index in [4.69, 9.17) is 23.6 Å². The van der Waals surface area contributed by atoms with E-state index >= 15 is 0 Å². The van der Waals surface area contributed by atoms with Crippen LogP contribution in [0.1, 0.15) is 5.56 Å². The van der Waals surface area contributed by atoms with E-state index in [1.165, 1.54) is 27.0 Å². The summed E-state index contributed by atoms with van der Waals surface area (Å²) in [5.74, 6) is 0. The van der Waals surface area contributed by atoms with E-state index in [2.05, 4.69) is 128 Å². The molecule has 0 saturated heterocycles. The van der Waals surface area contributed by atoms with Crippen LogP contribution in [0.4, 0.5) is 0 Å². The molecule has 0 atom stereocenters. The molecule has 5 nitrogen and oxygen atoms in total. The largest absolute Gasteiger partial charge is 0.222 e. The Morgan fingerprint density at radius 2 is 1.00 bits per heavy atom. The average molecular weight is 536 g/mol. The van der Waals surface area contributed by atoms with Crippen LogP contribution in [-0.4, -0.2) is 4.98 Å². The van der Waals surface area contributed by atoms with Gasteiger partial charge < -0.3 is 0 Å². The molecule has 5 rings (SSSR count). The third-order valence-corrected chi connectivity index (χ3v) is 10.8. The van der Waals surface area contributed by atoms with Gasteiger partial charge in [-0.3, -0.25) is 0 Å². The number of aromatic nitrogens is 1. The Kier molecular flexibility index (Phi) is 8.29. The fraction of sp³-hybridized carbons (Fsp3) is 0.0357. The van der Waals surface area contributed by atoms with E-state index in [1.54, 1.807) is 11.3 Å². The second-order valence-corrected chi connectivity index (χ2v) is 12.9. The van der Waals surface area contributed by atoms with Crippen LogP contribution in [0.3, 0.4) is 0 Å². The number of nitrogens with zero attached hydrogens (tertiary/aromatic N) is 1. The smallest absolute Gasteiger partial charge is 0.209 e. The van der Waals surface area contributed by atoms with Gasteiger partial charge in [-0.1, -0.05) is 84.4 Å². The first-order chi connectivity index (χ1) is 17.3. The molecule has 1 heterocycles. The first-order valence-electron chi connectivity index (χ1n) is 11.0. The molecule has 4 aromatic carbocycles. The van der Waals surface area contributed by atoms with Gasteiger partial charge in [-0.2, -0.15) is 0 Å². The third-order valence-electron chi connectivity index (χ3n) is 5.56. The molecule has 0 fully saturated rings. The maximum absolute atomic E-state index is 8.49. The predicted molar refractivity (Wildman–Crippen MR) is 137 cm³/mol. The first-order valence-corrected chi connectivity index (χ1v) is 14.9. The van der Waals surface area contributed by atoms with Crippen molar-refractivity contribution in [2.24, 2.45) is 0 Å². The minimum absolute atomic E-state index is 1.07. The zero-order valence-electron chi connectivity index (χ0n) is 19.4. The fourth-order valence-electron chi connectivity index (χ4n) is 4.05. The molecular weight excluding hydrogens is 513 g/mol. The van der Waals surface area contributed by atoms with E-state index in [9.17, 15) is 0 Å². The second-order valence-electron chi connectivity index (χ2n) is 7.93. The van der Waals surface area contributed by atoms with Gasteiger partial charge in [0.05, 0.1) is 5.38 Å². The summed E-state index contributed by atoms with van der Waals surface area (Å²) in [7, 11) is -7.06. The molecule has 0 bridgehead atoms. The number of thiazole rings is 1. The normalized spacial score (nSPS) is 11.5. The van der Waals surface area contributed by atoms with Gasteiger partial charge in [-0.25, -0.2) is 23.6 Å².